The Morgan fingerprint density at radius 2 is 2.35 bits per heavy atom. The highest BCUT2D eigenvalue weighted by atomic mass is 32.2. The molecule has 1 aromatic heterocycles. The predicted molar refractivity (Wildman–Crippen MR) is 61.8 cm³/mol. The maximum Gasteiger partial charge on any atom is 0.288 e. The molecule has 17 heavy (non-hydrogen) atoms. The second kappa shape index (κ2) is 4.90. The Morgan fingerprint density at radius 1 is 1.53 bits per heavy atom. The Balaban J connectivity index is 2.35. The van der Waals surface area contributed by atoms with E-state index in [0.717, 1.165) is 0 Å². The van der Waals surface area contributed by atoms with Gasteiger partial charge in [-0.05, 0) is 23.7 Å². The fraction of sp³-hybridized carbons (Fsp3) is 0. The lowest BCUT2D eigenvalue weighted by Crippen LogP contribution is -1.92. The first kappa shape index (κ1) is 11.5. The van der Waals surface area contributed by atoms with Crippen LogP contribution in [0.3, 0.4) is 0 Å². The van der Waals surface area contributed by atoms with E-state index in [1.807, 2.05) is 0 Å². The highest BCUT2D eigenvalue weighted by Gasteiger charge is 2.15. The molecule has 6 nitrogen and oxygen atoms in total. The van der Waals surface area contributed by atoms with Crippen molar-refractivity contribution in [3.05, 3.63) is 40.2 Å². The zero-order valence-electron chi connectivity index (χ0n) is 8.23. The number of hydrogen-bond acceptors (Lipinski definition) is 7. The Labute approximate surface area is 104 Å². The number of hydrogen-bond donors (Lipinski definition) is 0. The molecule has 2 rings (SSSR count). The molecular weight excluding hydrogens is 260 g/mol. The zero-order valence-corrected chi connectivity index (χ0v) is 9.86. The van der Waals surface area contributed by atoms with Crippen molar-refractivity contribution >= 4 is 29.0 Å². The Hall–Kier alpha value is -1.98. The van der Waals surface area contributed by atoms with Crippen LogP contribution in [-0.4, -0.2) is 14.3 Å². The molecule has 0 aliphatic rings. The van der Waals surface area contributed by atoms with Gasteiger partial charge in [0.05, 0.1) is 4.92 Å². The van der Waals surface area contributed by atoms with E-state index in [2.05, 4.69) is 9.36 Å². The Kier molecular flexibility index (Phi) is 3.32. The summed E-state index contributed by atoms with van der Waals surface area (Å²) in [6.45, 7) is 0. The standard InChI is InChI=1S/C9H4N4O2S2/c10-4-6-1-2-7(3-8(6)13(14)15)16-9-11-5-12-17-9/h1-3,5H. The van der Waals surface area contributed by atoms with Crippen LogP contribution in [0, 0.1) is 21.4 Å². The Morgan fingerprint density at radius 3 is 2.94 bits per heavy atom. The fourth-order valence-corrected chi connectivity index (χ4v) is 2.58. The van der Waals surface area contributed by atoms with E-state index in [1.54, 1.807) is 12.1 Å². The van der Waals surface area contributed by atoms with E-state index in [-0.39, 0.29) is 11.3 Å². The minimum absolute atomic E-state index is 0.0524. The smallest absolute Gasteiger partial charge is 0.258 e. The molecule has 0 unspecified atom stereocenters. The number of rotatable bonds is 3. The summed E-state index contributed by atoms with van der Waals surface area (Å²) in [6, 6.07) is 6.23. The molecule has 0 aliphatic carbocycles. The molecule has 0 atom stereocenters. The van der Waals surface area contributed by atoms with Gasteiger partial charge in [0.15, 0.2) is 4.34 Å². The molecule has 0 aliphatic heterocycles. The molecule has 0 amide bonds. The second-order valence-electron chi connectivity index (χ2n) is 2.86. The quantitative estimate of drug-likeness (QED) is 0.624. The van der Waals surface area contributed by atoms with Crippen molar-refractivity contribution in [1.29, 1.82) is 5.26 Å². The molecule has 0 saturated carbocycles. The molecule has 0 spiro atoms. The summed E-state index contributed by atoms with van der Waals surface area (Å²) in [6.07, 6.45) is 1.42. The third kappa shape index (κ3) is 2.58. The van der Waals surface area contributed by atoms with Crippen LogP contribution in [0.15, 0.2) is 33.8 Å². The van der Waals surface area contributed by atoms with Crippen molar-refractivity contribution in [2.45, 2.75) is 9.24 Å². The lowest BCUT2D eigenvalue weighted by molar-refractivity contribution is -0.385. The number of aromatic nitrogens is 2. The molecule has 1 heterocycles. The predicted octanol–water partition coefficient (Wildman–Crippen LogP) is 2.47. The summed E-state index contributed by atoms with van der Waals surface area (Å²) >= 11 is 2.49. The van der Waals surface area contributed by atoms with Gasteiger partial charge in [0, 0.05) is 11.0 Å². The van der Waals surface area contributed by atoms with Crippen LogP contribution in [0.1, 0.15) is 5.56 Å². The molecule has 1 aromatic carbocycles. The third-order valence-corrected chi connectivity index (χ3v) is 3.54. The fourth-order valence-electron chi connectivity index (χ4n) is 1.13. The van der Waals surface area contributed by atoms with Crippen LogP contribution in [0.4, 0.5) is 5.69 Å². The van der Waals surface area contributed by atoms with E-state index < -0.39 is 4.92 Å². The van der Waals surface area contributed by atoms with Gasteiger partial charge in [-0.1, -0.05) is 11.8 Å². The normalized spacial score (nSPS) is 9.82. The average Bonchev–Trinajstić information content (AvgIpc) is 2.81. The van der Waals surface area contributed by atoms with Crippen molar-refractivity contribution in [3.63, 3.8) is 0 Å². The monoisotopic (exact) mass is 264 g/mol. The van der Waals surface area contributed by atoms with E-state index in [9.17, 15) is 10.1 Å². The van der Waals surface area contributed by atoms with Crippen LogP contribution in [0.5, 0.6) is 0 Å². The van der Waals surface area contributed by atoms with Crippen LogP contribution < -0.4 is 0 Å². The van der Waals surface area contributed by atoms with Gasteiger partial charge in [-0.2, -0.15) is 9.64 Å². The van der Waals surface area contributed by atoms with E-state index >= 15 is 0 Å². The molecule has 0 radical (unpaired) electrons. The van der Waals surface area contributed by atoms with Crippen LogP contribution >= 0.6 is 23.3 Å². The minimum Gasteiger partial charge on any atom is -0.258 e. The van der Waals surface area contributed by atoms with Crippen molar-refractivity contribution in [1.82, 2.24) is 9.36 Å². The van der Waals surface area contributed by atoms with Gasteiger partial charge in [-0.25, -0.2) is 4.98 Å². The van der Waals surface area contributed by atoms with Crippen molar-refractivity contribution in [2.75, 3.05) is 0 Å². The van der Waals surface area contributed by atoms with Gasteiger partial charge < -0.3 is 0 Å². The lowest BCUT2D eigenvalue weighted by atomic mass is 10.2. The highest BCUT2D eigenvalue weighted by Crippen LogP contribution is 2.31. The molecular formula is C9H4N4O2S2. The lowest BCUT2D eigenvalue weighted by Gasteiger charge is -1.98. The van der Waals surface area contributed by atoms with Gasteiger partial charge >= 0.3 is 0 Å². The zero-order chi connectivity index (χ0) is 12.3. The summed E-state index contributed by atoms with van der Waals surface area (Å²) in [5.74, 6) is 0. The van der Waals surface area contributed by atoms with E-state index in [0.29, 0.717) is 9.24 Å². The van der Waals surface area contributed by atoms with Gasteiger partial charge in [0.25, 0.3) is 5.69 Å². The van der Waals surface area contributed by atoms with Crippen LogP contribution in [0.25, 0.3) is 0 Å². The topological polar surface area (TPSA) is 92.7 Å². The number of benzene rings is 1. The first-order chi connectivity index (χ1) is 8.20. The van der Waals surface area contributed by atoms with Crippen molar-refractivity contribution in [3.8, 4) is 6.07 Å². The number of nitro groups is 1. The molecule has 0 N–H and O–H groups in total. The summed E-state index contributed by atoms with van der Waals surface area (Å²) < 4.78 is 4.53. The maximum absolute atomic E-state index is 10.8. The average molecular weight is 264 g/mol. The largest absolute Gasteiger partial charge is 0.288 e. The maximum atomic E-state index is 10.8. The summed E-state index contributed by atoms with van der Waals surface area (Å²) in [5, 5.41) is 19.5. The first-order valence-corrected chi connectivity index (χ1v) is 5.93. The van der Waals surface area contributed by atoms with Gasteiger partial charge in [-0.3, -0.25) is 10.1 Å². The van der Waals surface area contributed by atoms with Crippen molar-refractivity contribution < 1.29 is 4.92 Å². The van der Waals surface area contributed by atoms with Gasteiger partial charge in [0.2, 0.25) is 0 Å². The summed E-state index contributed by atoms with van der Waals surface area (Å²) in [7, 11) is 0. The van der Waals surface area contributed by atoms with Crippen LogP contribution in [0.2, 0.25) is 0 Å². The van der Waals surface area contributed by atoms with Crippen molar-refractivity contribution in [2.24, 2.45) is 0 Å². The Bertz CT molecular complexity index is 592. The molecule has 84 valence electrons. The SMILES string of the molecule is N#Cc1ccc(Sc2ncns2)cc1[N+](=O)[O-]. The highest BCUT2D eigenvalue weighted by molar-refractivity contribution is 8.01. The van der Waals surface area contributed by atoms with Crippen LogP contribution in [-0.2, 0) is 0 Å². The molecule has 0 fully saturated rings. The van der Waals surface area contributed by atoms with E-state index in [1.165, 1.54) is 41.8 Å². The molecule has 0 bridgehead atoms. The first-order valence-electron chi connectivity index (χ1n) is 4.34. The third-order valence-electron chi connectivity index (χ3n) is 1.83. The minimum atomic E-state index is -0.567. The molecule has 2 aromatic rings. The van der Waals surface area contributed by atoms with E-state index in [4.69, 9.17) is 5.26 Å². The summed E-state index contributed by atoms with van der Waals surface area (Å²) in [5.41, 5.74) is -0.140. The summed E-state index contributed by atoms with van der Waals surface area (Å²) in [4.78, 5) is 14.8. The number of nitrogens with zero attached hydrogens (tertiary/aromatic N) is 4. The molecule has 0 saturated heterocycles. The van der Waals surface area contributed by atoms with Gasteiger partial charge in [-0.15, -0.1) is 0 Å². The molecule has 8 heteroatoms. The second-order valence-corrected chi connectivity index (χ2v) is 4.96. The number of nitriles is 1. The number of nitro benzene ring substituents is 1. The van der Waals surface area contributed by atoms with Gasteiger partial charge in [0.1, 0.15) is 18.0 Å².